The maximum atomic E-state index is 12.7. The van der Waals surface area contributed by atoms with Crippen molar-refractivity contribution in [2.45, 2.75) is 0 Å². The molecule has 0 amide bonds. The zero-order chi connectivity index (χ0) is 16.9. The van der Waals surface area contributed by atoms with E-state index < -0.39 is 5.97 Å². The van der Waals surface area contributed by atoms with Gasteiger partial charge >= 0.3 is 5.97 Å². The monoisotopic (exact) mass is 336 g/mol. The van der Waals surface area contributed by atoms with Crippen molar-refractivity contribution in [1.82, 2.24) is 0 Å². The predicted molar refractivity (Wildman–Crippen MR) is 92.7 cm³/mol. The summed E-state index contributed by atoms with van der Waals surface area (Å²) in [6.45, 7) is 0. The quantitative estimate of drug-likeness (QED) is 0.391. The van der Waals surface area contributed by atoms with Crippen molar-refractivity contribution in [3.8, 4) is 5.75 Å². The molecule has 0 saturated carbocycles. The Morgan fingerprint density at radius 2 is 1.29 bits per heavy atom. The van der Waals surface area contributed by atoms with E-state index in [0.29, 0.717) is 11.1 Å². The van der Waals surface area contributed by atoms with Gasteiger partial charge in [0.25, 0.3) is 0 Å². The lowest BCUT2D eigenvalue weighted by Crippen LogP contribution is -2.12. The standard InChI is InChI=1S/C20H13ClO3/c21-17-13-7-12-16(18(22)14-8-3-1-4-9-14)19(17)24-20(23)15-10-5-2-6-11-15/h1-13H. The zero-order valence-electron chi connectivity index (χ0n) is 12.6. The van der Waals surface area contributed by atoms with Gasteiger partial charge in [-0.3, -0.25) is 4.79 Å². The number of rotatable bonds is 4. The second kappa shape index (κ2) is 7.11. The molecule has 0 atom stereocenters. The third kappa shape index (κ3) is 3.36. The minimum atomic E-state index is -0.564. The number of hydrogen-bond acceptors (Lipinski definition) is 3. The first kappa shape index (κ1) is 16.0. The number of esters is 1. The van der Waals surface area contributed by atoms with E-state index in [-0.39, 0.29) is 22.1 Å². The normalized spacial score (nSPS) is 10.2. The van der Waals surface area contributed by atoms with Crippen LogP contribution in [0.15, 0.2) is 78.9 Å². The summed E-state index contributed by atoms with van der Waals surface area (Å²) in [6.07, 6.45) is 0. The molecular formula is C20H13ClO3. The van der Waals surface area contributed by atoms with Crippen LogP contribution in [0, 0.1) is 0 Å². The van der Waals surface area contributed by atoms with Gasteiger partial charge in [0.1, 0.15) is 0 Å². The van der Waals surface area contributed by atoms with Gasteiger partial charge in [0.2, 0.25) is 0 Å². The Labute approximate surface area is 144 Å². The van der Waals surface area contributed by atoms with Crippen molar-refractivity contribution in [3.63, 3.8) is 0 Å². The van der Waals surface area contributed by atoms with Crippen molar-refractivity contribution in [2.24, 2.45) is 0 Å². The van der Waals surface area contributed by atoms with Gasteiger partial charge in [-0.2, -0.15) is 0 Å². The van der Waals surface area contributed by atoms with Crippen LogP contribution in [0.4, 0.5) is 0 Å². The topological polar surface area (TPSA) is 43.4 Å². The predicted octanol–water partition coefficient (Wildman–Crippen LogP) is 4.79. The van der Waals surface area contributed by atoms with Crippen LogP contribution in [0.1, 0.15) is 26.3 Å². The van der Waals surface area contributed by atoms with E-state index >= 15 is 0 Å². The molecule has 3 aromatic rings. The van der Waals surface area contributed by atoms with Gasteiger partial charge in [-0.1, -0.05) is 66.2 Å². The van der Waals surface area contributed by atoms with Crippen molar-refractivity contribution >= 4 is 23.4 Å². The average molecular weight is 337 g/mol. The number of hydrogen-bond donors (Lipinski definition) is 0. The number of benzene rings is 3. The molecule has 3 rings (SSSR count). The molecule has 0 N–H and O–H groups in total. The first-order chi connectivity index (χ1) is 11.7. The summed E-state index contributed by atoms with van der Waals surface area (Å²) in [4.78, 5) is 25.0. The van der Waals surface area contributed by atoms with Gasteiger partial charge in [0, 0.05) is 5.56 Å². The molecule has 0 radical (unpaired) electrons. The molecule has 0 aromatic heterocycles. The van der Waals surface area contributed by atoms with E-state index in [1.54, 1.807) is 72.8 Å². The SMILES string of the molecule is O=C(Oc1c(Cl)cccc1C(=O)c1ccccc1)c1ccccc1. The molecule has 24 heavy (non-hydrogen) atoms. The number of ketones is 1. The lowest BCUT2D eigenvalue weighted by atomic mass is 10.0. The number of para-hydroxylation sites is 1. The van der Waals surface area contributed by atoms with Gasteiger partial charge in [0.15, 0.2) is 11.5 Å². The number of ether oxygens (including phenoxy) is 1. The molecule has 0 aliphatic carbocycles. The minimum absolute atomic E-state index is 0.0712. The highest BCUT2D eigenvalue weighted by atomic mass is 35.5. The van der Waals surface area contributed by atoms with E-state index in [9.17, 15) is 9.59 Å². The fourth-order valence-electron chi connectivity index (χ4n) is 2.26. The fourth-order valence-corrected chi connectivity index (χ4v) is 2.48. The first-order valence-electron chi connectivity index (χ1n) is 7.32. The smallest absolute Gasteiger partial charge is 0.343 e. The second-order valence-corrected chi connectivity index (χ2v) is 5.47. The van der Waals surface area contributed by atoms with Gasteiger partial charge in [0.05, 0.1) is 16.1 Å². The van der Waals surface area contributed by atoms with Crippen LogP contribution in [0.25, 0.3) is 0 Å². The first-order valence-corrected chi connectivity index (χ1v) is 7.70. The molecule has 4 heteroatoms. The zero-order valence-corrected chi connectivity index (χ0v) is 13.4. The summed E-state index contributed by atoms with van der Waals surface area (Å²) < 4.78 is 5.41. The maximum Gasteiger partial charge on any atom is 0.343 e. The van der Waals surface area contributed by atoms with E-state index in [2.05, 4.69) is 0 Å². The van der Waals surface area contributed by atoms with Crippen molar-refractivity contribution in [3.05, 3.63) is 101 Å². The van der Waals surface area contributed by atoms with Gasteiger partial charge in [-0.15, -0.1) is 0 Å². The molecule has 0 aliphatic rings. The van der Waals surface area contributed by atoms with Gasteiger partial charge in [-0.25, -0.2) is 4.79 Å². The summed E-state index contributed by atoms with van der Waals surface area (Å²) in [6, 6.07) is 22.1. The van der Waals surface area contributed by atoms with E-state index in [4.69, 9.17) is 16.3 Å². The second-order valence-electron chi connectivity index (χ2n) is 5.07. The minimum Gasteiger partial charge on any atom is -0.421 e. The molecule has 3 nitrogen and oxygen atoms in total. The van der Waals surface area contributed by atoms with Crippen LogP contribution in [-0.4, -0.2) is 11.8 Å². The third-order valence-electron chi connectivity index (χ3n) is 3.45. The molecule has 0 spiro atoms. The van der Waals surface area contributed by atoms with Crippen LogP contribution in [0.5, 0.6) is 5.75 Å². The number of carbonyl (C=O) groups excluding carboxylic acids is 2. The van der Waals surface area contributed by atoms with Crippen molar-refractivity contribution in [2.75, 3.05) is 0 Å². The molecule has 118 valence electrons. The third-order valence-corrected chi connectivity index (χ3v) is 3.75. The van der Waals surface area contributed by atoms with Crippen LogP contribution in [-0.2, 0) is 0 Å². The van der Waals surface area contributed by atoms with Crippen molar-refractivity contribution < 1.29 is 14.3 Å². The number of carbonyl (C=O) groups is 2. The number of halogens is 1. The molecule has 0 unspecified atom stereocenters. The Hall–Kier alpha value is -2.91. The molecule has 0 bridgehead atoms. The Morgan fingerprint density at radius 1 is 0.708 bits per heavy atom. The average Bonchev–Trinajstić information content (AvgIpc) is 2.64. The summed E-state index contributed by atoms with van der Waals surface area (Å²) in [5, 5.41) is 0.209. The Bertz CT molecular complexity index is 874. The molecule has 0 aliphatic heterocycles. The summed E-state index contributed by atoms with van der Waals surface area (Å²) in [5.41, 5.74) is 1.13. The molecule has 0 saturated heterocycles. The summed E-state index contributed by atoms with van der Waals surface area (Å²) in [5.74, 6) is -0.748. The lowest BCUT2D eigenvalue weighted by Gasteiger charge is -2.11. The van der Waals surface area contributed by atoms with E-state index in [1.807, 2.05) is 6.07 Å². The molecular weight excluding hydrogens is 324 g/mol. The summed E-state index contributed by atoms with van der Waals surface area (Å²) in [7, 11) is 0. The van der Waals surface area contributed by atoms with Crippen LogP contribution in [0.3, 0.4) is 0 Å². The Balaban J connectivity index is 1.97. The molecule has 0 fully saturated rings. The largest absolute Gasteiger partial charge is 0.421 e. The fraction of sp³-hybridized carbons (Fsp3) is 0. The Morgan fingerprint density at radius 3 is 1.92 bits per heavy atom. The molecule has 3 aromatic carbocycles. The van der Waals surface area contributed by atoms with Crippen molar-refractivity contribution in [1.29, 1.82) is 0 Å². The lowest BCUT2D eigenvalue weighted by molar-refractivity contribution is 0.0733. The van der Waals surface area contributed by atoms with Crippen LogP contribution < -0.4 is 4.74 Å². The highest BCUT2D eigenvalue weighted by Crippen LogP contribution is 2.31. The van der Waals surface area contributed by atoms with Gasteiger partial charge < -0.3 is 4.74 Å². The van der Waals surface area contributed by atoms with E-state index in [0.717, 1.165) is 0 Å². The Kier molecular flexibility index (Phi) is 4.73. The van der Waals surface area contributed by atoms with Crippen LogP contribution >= 0.6 is 11.6 Å². The maximum absolute atomic E-state index is 12.7. The van der Waals surface area contributed by atoms with E-state index in [1.165, 1.54) is 0 Å². The van der Waals surface area contributed by atoms with Crippen LogP contribution in [0.2, 0.25) is 5.02 Å². The van der Waals surface area contributed by atoms with Gasteiger partial charge in [-0.05, 0) is 24.3 Å². The highest BCUT2D eigenvalue weighted by molar-refractivity contribution is 6.33. The summed E-state index contributed by atoms with van der Waals surface area (Å²) >= 11 is 6.16. The highest BCUT2D eigenvalue weighted by Gasteiger charge is 2.20. The molecule has 0 heterocycles.